The molecular weight excluding hydrogens is 248 g/mol. The molecule has 3 nitrogen and oxygen atoms in total. The molecule has 0 bridgehead atoms. The van der Waals surface area contributed by atoms with Crippen LogP contribution in [-0.2, 0) is 0 Å². The van der Waals surface area contributed by atoms with E-state index >= 15 is 0 Å². The quantitative estimate of drug-likeness (QED) is 0.611. The van der Waals surface area contributed by atoms with Crippen molar-refractivity contribution >= 4 is 0 Å². The van der Waals surface area contributed by atoms with Crippen molar-refractivity contribution in [2.45, 2.75) is 58.4 Å². The van der Waals surface area contributed by atoms with Crippen molar-refractivity contribution in [1.82, 2.24) is 5.43 Å². The fraction of sp³-hybridized carbons (Fsp3) is 0.647. The molecule has 3 heteroatoms. The number of hydrazine groups is 1. The van der Waals surface area contributed by atoms with E-state index in [0.717, 1.165) is 18.8 Å². The van der Waals surface area contributed by atoms with Crippen LogP contribution in [0.4, 0.5) is 0 Å². The van der Waals surface area contributed by atoms with Crippen LogP contribution in [0.5, 0.6) is 5.75 Å². The van der Waals surface area contributed by atoms with Gasteiger partial charge in [0.15, 0.2) is 0 Å². The molecule has 20 heavy (non-hydrogen) atoms. The number of nitrogens with two attached hydrogens (primary N) is 1. The summed E-state index contributed by atoms with van der Waals surface area (Å²) < 4.78 is 5.91. The van der Waals surface area contributed by atoms with E-state index in [1.54, 1.807) is 0 Å². The molecule has 3 N–H and O–H groups in total. The molecule has 2 rings (SSSR count). The number of ether oxygens (including phenoxy) is 1. The second-order valence-electron chi connectivity index (χ2n) is 6.20. The highest BCUT2D eigenvalue weighted by atomic mass is 16.5. The van der Waals surface area contributed by atoms with Crippen molar-refractivity contribution in [3.8, 4) is 5.75 Å². The van der Waals surface area contributed by atoms with Crippen molar-refractivity contribution < 1.29 is 4.74 Å². The van der Waals surface area contributed by atoms with Crippen LogP contribution in [0.15, 0.2) is 24.3 Å². The van der Waals surface area contributed by atoms with Crippen LogP contribution in [0.1, 0.15) is 64.0 Å². The maximum Gasteiger partial charge on any atom is 0.124 e. The molecule has 0 heterocycles. The van der Waals surface area contributed by atoms with Gasteiger partial charge in [-0.2, -0.15) is 0 Å². The summed E-state index contributed by atoms with van der Waals surface area (Å²) in [6.45, 7) is 5.24. The van der Waals surface area contributed by atoms with Crippen LogP contribution >= 0.6 is 0 Å². The van der Waals surface area contributed by atoms with Gasteiger partial charge >= 0.3 is 0 Å². The lowest BCUT2D eigenvalue weighted by Crippen LogP contribution is -2.41. The number of rotatable bonds is 6. The molecule has 1 saturated carbocycles. The van der Waals surface area contributed by atoms with Crippen molar-refractivity contribution in [1.29, 1.82) is 0 Å². The second kappa shape index (κ2) is 7.09. The van der Waals surface area contributed by atoms with Crippen LogP contribution in [0.3, 0.4) is 0 Å². The standard InChI is InChI=1S/C17H28N2O/c1-3-13-20-15-10-6-5-9-14(15)16(19-18)17(2)11-7-4-8-12-17/h5-6,9-10,16,19H,3-4,7-8,11-13,18H2,1-2H3. The third-order valence-corrected chi connectivity index (χ3v) is 4.55. The van der Waals surface area contributed by atoms with E-state index in [1.165, 1.54) is 37.7 Å². The molecule has 0 radical (unpaired) electrons. The predicted octanol–water partition coefficient (Wildman–Crippen LogP) is 3.95. The lowest BCUT2D eigenvalue weighted by molar-refractivity contribution is 0.142. The summed E-state index contributed by atoms with van der Waals surface area (Å²) in [5.74, 6) is 6.89. The minimum Gasteiger partial charge on any atom is -0.493 e. The summed E-state index contributed by atoms with van der Waals surface area (Å²) in [5, 5.41) is 0. The molecular formula is C17H28N2O. The molecule has 112 valence electrons. The molecule has 1 atom stereocenters. The SMILES string of the molecule is CCCOc1ccccc1C(NN)C1(C)CCCCC1. The van der Waals surface area contributed by atoms with Gasteiger partial charge in [-0.15, -0.1) is 0 Å². The molecule has 0 saturated heterocycles. The Hall–Kier alpha value is -1.06. The van der Waals surface area contributed by atoms with Gasteiger partial charge < -0.3 is 4.74 Å². The van der Waals surface area contributed by atoms with Gasteiger partial charge in [-0.25, -0.2) is 0 Å². The summed E-state index contributed by atoms with van der Waals surface area (Å²) in [7, 11) is 0. The maximum absolute atomic E-state index is 5.91. The van der Waals surface area contributed by atoms with Gasteiger partial charge in [0.25, 0.3) is 0 Å². The zero-order chi connectivity index (χ0) is 14.4. The Labute approximate surface area is 122 Å². The minimum absolute atomic E-state index is 0.163. The minimum atomic E-state index is 0.163. The Kier molecular flexibility index (Phi) is 5.44. The first-order valence-corrected chi connectivity index (χ1v) is 7.89. The smallest absolute Gasteiger partial charge is 0.124 e. The molecule has 0 amide bonds. The monoisotopic (exact) mass is 276 g/mol. The molecule has 1 aliphatic rings. The van der Waals surface area contributed by atoms with E-state index in [0.29, 0.717) is 0 Å². The van der Waals surface area contributed by atoms with E-state index < -0.39 is 0 Å². The molecule has 1 aromatic rings. The van der Waals surface area contributed by atoms with Gasteiger partial charge in [0, 0.05) is 5.56 Å². The highest BCUT2D eigenvalue weighted by molar-refractivity contribution is 5.37. The topological polar surface area (TPSA) is 47.3 Å². The summed E-state index contributed by atoms with van der Waals surface area (Å²) in [6, 6.07) is 8.48. The van der Waals surface area contributed by atoms with E-state index in [4.69, 9.17) is 10.6 Å². The lowest BCUT2D eigenvalue weighted by atomic mass is 9.68. The van der Waals surface area contributed by atoms with Crippen LogP contribution in [0, 0.1) is 5.41 Å². The first-order valence-electron chi connectivity index (χ1n) is 7.89. The Morgan fingerprint density at radius 1 is 1.25 bits per heavy atom. The van der Waals surface area contributed by atoms with E-state index in [1.807, 2.05) is 6.07 Å². The van der Waals surface area contributed by atoms with Gasteiger partial charge in [-0.1, -0.05) is 51.3 Å². The van der Waals surface area contributed by atoms with Crippen molar-refractivity contribution in [3.05, 3.63) is 29.8 Å². The van der Waals surface area contributed by atoms with Crippen LogP contribution in [0.2, 0.25) is 0 Å². The maximum atomic E-state index is 5.91. The van der Waals surface area contributed by atoms with Gasteiger partial charge in [0.1, 0.15) is 5.75 Å². The summed E-state index contributed by atoms with van der Waals surface area (Å²) in [4.78, 5) is 0. The molecule has 0 aromatic heterocycles. The fourth-order valence-electron chi connectivity index (χ4n) is 3.38. The third kappa shape index (κ3) is 3.33. The third-order valence-electron chi connectivity index (χ3n) is 4.55. The molecule has 0 aliphatic heterocycles. The first-order chi connectivity index (χ1) is 9.71. The molecule has 1 aromatic carbocycles. The molecule has 0 spiro atoms. The van der Waals surface area contributed by atoms with Crippen molar-refractivity contribution in [3.63, 3.8) is 0 Å². The van der Waals surface area contributed by atoms with Crippen LogP contribution < -0.4 is 16.0 Å². The average molecular weight is 276 g/mol. The second-order valence-corrected chi connectivity index (χ2v) is 6.20. The Morgan fingerprint density at radius 2 is 1.95 bits per heavy atom. The number of nitrogens with one attached hydrogen (secondary N) is 1. The van der Waals surface area contributed by atoms with E-state index in [-0.39, 0.29) is 11.5 Å². The van der Waals surface area contributed by atoms with E-state index in [9.17, 15) is 0 Å². The molecule has 1 fully saturated rings. The Balaban J connectivity index is 2.26. The van der Waals surface area contributed by atoms with Gasteiger partial charge in [0.2, 0.25) is 0 Å². The zero-order valence-corrected chi connectivity index (χ0v) is 12.8. The summed E-state index contributed by atoms with van der Waals surface area (Å²) in [6.07, 6.45) is 7.42. The van der Waals surface area contributed by atoms with Crippen molar-refractivity contribution in [2.24, 2.45) is 11.3 Å². The number of benzene rings is 1. The fourth-order valence-corrected chi connectivity index (χ4v) is 3.38. The van der Waals surface area contributed by atoms with Gasteiger partial charge in [-0.05, 0) is 30.7 Å². The number of para-hydroxylation sites is 1. The number of hydrogen-bond acceptors (Lipinski definition) is 3. The number of hydrogen-bond donors (Lipinski definition) is 2. The van der Waals surface area contributed by atoms with Crippen LogP contribution in [0.25, 0.3) is 0 Å². The average Bonchev–Trinajstić information content (AvgIpc) is 2.47. The first kappa shape index (κ1) is 15.3. The van der Waals surface area contributed by atoms with Crippen molar-refractivity contribution in [2.75, 3.05) is 6.61 Å². The zero-order valence-electron chi connectivity index (χ0n) is 12.8. The molecule has 1 aliphatic carbocycles. The predicted molar refractivity (Wildman–Crippen MR) is 83.5 cm³/mol. The summed E-state index contributed by atoms with van der Waals surface area (Å²) >= 11 is 0. The van der Waals surface area contributed by atoms with Gasteiger partial charge in [0.05, 0.1) is 12.6 Å². The highest BCUT2D eigenvalue weighted by Crippen LogP contribution is 2.47. The van der Waals surface area contributed by atoms with Gasteiger partial charge in [-0.3, -0.25) is 11.3 Å². The normalized spacial score (nSPS) is 19.6. The Morgan fingerprint density at radius 3 is 2.60 bits per heavy atom. The highest BCUT2D eigenvalue weighted by Gasteiger charge is 2.37. The van der Waals surface area contributed by atoms with Crippen LogP contribution in [-0.4, -0.2) is 6.61 Å². The largest absolute Gasteiger partial charge is 0.493 e. The lowest BCUT2D eigenvalue weighted by Gasteiger charge is -2.41. The Bertz CT molecular complexity index is 413. The summed E-state index contributed by atoms with van der Waals surface area (Å²) in [5.41, 5.74) is 4.49. The molecule has 1 unspecified atom stereocenters. The van der Waals surface area contributed by atoms with E-state index in [2.05, 4.69) is 37.5 Å².